The predicted molar refractivity (Wildman–Crippen MR) is 98.2 cm³/mol. The molecule has 1 saturated heterocycles. The van der Waals surface area contributed by atoms with Crippen LogP contribution in [0.4, 0.5) is 5.82 Å². The molecule has 0 bridgehead atoms. The minimum Gasteiger partial charge on any atom is -0.363 e. The van der Waals surface area contributed by atoms with Crippen LogP contribution in [0.15, 0.2) is 18.2 Å². The Labute approximate surface area is 146 Å². The first-order chi connectivity index (χ1) is 11.6. The summed E-state index contributed by atoms with van der Waals surface area (Å²) in [5, 5.41) is 0. The summed E-state index contributed by atoms with van der Waals surface area (Å²) >= 11 is 0. The summed E-state index contributed by atoms with van der Waals surface area (Å²) < 4.78 is 0. The Morgan fingerprint density at radius 3 is 2.67 bits per heavy atom. The maximum Gasteiger partial charge on any atom is 0.225 e. The number of carbonyl (C=O) groups is 1. The van der Waals surface area contributed by atoms with Crippen LogP contribution < -0.4 is 4.90 Å². The fraction of sp³-hybridized carbons (Fsp3) is 0.700. The normalized spacial score (nSPS) is 21.9. The van der Waals surface area contributed by atoms with Crippen molar-refractivity contribution in [3.8, 4) is 0 Å². The first-order valence-electron chi connectivity index (χ1n) is 9.59. The van der Waals surface area contributed by atoms with E-state index in [4.69, 9.17) is 4.98 Å². The Hall–Kier alpha value is -1.58. The lowest BCUT2D eigenvalue weighted by molar-refractivity contribution is -0.139. The molecule has 1 saturated carbocycles. The van der Waals surface area contributed by atoms with Gasteiger partial charge in [0.2, 0.25) is 5.91 Å². The Balaban J connectivity index is 1.61. The quantitative estimate of drug-likeness (QED) is 0.827. The van der Waals surface area contributed by atoms with E-state index in [1.165, 1.54) is 25.7 Å². The molecular formula is C20H31N3O. The molecule has 0 N–H and O–H groups in total. The van der Waals surface area contributed by atoms with Gasteiger partial charge in [-0.25, -0.2) is 4.98 Å². The number of rotatable bonds is 5. The minimum absolute atomic E-state index is 0.306. The molecular weight excluding hydrogens is 298 g/mol. The van der Waals surface area contributed by atoms with Gasteiger partial charge in [-0.1, -0.05) is 18.9 Å². The van der Waals surface area contributed by atoms with Gasteiger partial charge in [0.05, 0.1) is 0 Å². The van der Waals surface area contributed by atoms with Gasteiger partial charge in [-0.15, -0.1) is 0 Å². The molecule has 0 spiro atoms. The molecule has 4 nitrogen and oxygen atoms in total. The summed E-state index contributed by atoms with van der Waals surface area (Å²) in [6, 6.07) is 6.65. The third kappa shape index (κ3) is 4.08. The molecule has 1 aliphatic heterocycles. The van der Waals surface area contributed by atoms with Gasteiger partial charge < -0.3 is 9.80 Å². The lowest BCUT2D eigenvalue weighted by Gasteiger charge is -2.37. The van der Waals surface area contributed by atoms with Gasteiger partial charge in [0, 0.05) is 38.3 Å². The Bertz CT molecular complexity index is 552. The minimum atomic E-state index is 0.306. The Kier molecular flexibility index (Phi) is 5.75. The topological polar surface area (TPSA) is 36.4 Å². The standard InChI is InChI=1S/C20H31N3O/c1-22(2)19-12-7-10-17(21-19)13-14-18-11-5-6-15-23(18)20(24)16-8-3-4-9-16/h7,10,12,16,18H,3-6,8-9,11,13-15H2,1-2H3. The van der Waals surface area contributed by atoms with E-state index in [1.807, 2.05) is 25.1 Å². The van der Waals surface area contributed by atoms with Crippen LogP contribution in [-0.2, 0) is 11.2 Å². The maximum atomic E-state index is 12.9. The van der Waals surface area contributed by atoms with Crippen LogP contribution in [0.5, 0.6) is 0 Å². The zero-order valence-electron chi connectivity index (χ0n) is 15.2. The van der Waals surface area contributed by atoms with Crippen LogP contribution in [0, 0.1) is 5.92 Å². The fourth-order valence-electron chi connectivity index (χ4n) is 4.17. The summed E-state index contributed by atoms with van der Waals surface area (Å²) in [5.74, 6) is 1.75. The van der Waals surface area contributed by atoms with Crippen molar-refractivity contribution in [2.45, 2.75) is 63.8 Å². The average molecular weight is 329 g/mol. The Morgan fingerprint density at radius 1 is 1.17 bits per heavy atom. The largest absolute Gasteiger partial charge is 0.363 e. The van der Waals surface area contributed by atoms with Crippen molar-refractivity contribution in [1.82, 2.24) is 9.88 Å². The number of likely N-dealkylation sites (tertiary alicyclic amines) is 1. The molecule has 132 valence electrons. The monoisotopic (exact) mass is 329 g/mol. The zero-order valence-corrected chi connectivity index (χ0v) is 15.2. The summed E-state index contributed by atoms with van der Waals surface area (Å²) in [5.41, 5.74) is 1.14. The molecule has 2 fully saturated rings. The van der Waals surface area contributed by atoms with E-state index in [0.717, 1.165) is 50.2 Å². The van der Waals surface area contributed by atoms with Crippen molar-refractivity contribution >= 4 is 11.7 Å². The summed E-state index contributed by atoms with van der Waals surface area (Å²) in [4.78, 5) is 21.9. The maximum absolute atomic E-state index is 12.9. The number of hydrogen-bond acceptors (Lipinski definition) is 3. The SMILES string of the molecule is CN(C)c1cccc(CCC2CCCCN2C(=O)C2CCCC2)n1. The van der Waals surface area contributed by atoms with Crippen molar-refractivity contribution in [3.63, 3.8) is 0 Å². The van der Waals surface area contributed by atoms with Gasteiger partial charge in [0.15, 0.2) is 0 Å². The number of amides is 1. The van der Waals surface area contributed by atoms with E-state index in [-0.39, 0.29) is 0 Å². The highest BCUT2D eigenvalue weighted by Gasteiger charge is 2.32. The molecule has 1 amide bonds. The summed E-state index contributed by atoms with van der Waals surface area (Å²) in [6.45, 7) is 0.963. The van der Waals surface area contributed by atoms with Gasteiger partial charge in [0.25, 0.3) is 0 Å². The number of piperidine rings is 1. The van der Waals surface area contributed by atoms with E-state index in [2.05, 4.69) is 17.0 Å². The fourth-order valence-corrected chi connectivity index (χ4v) is 4.17. The third-order valence-electron chi connectivity index (χ3n) is 5.60. The zero-order chi connectivity index (χ0) is 16.9. The van der Waals surface area contributed by atoms with Crippen LogP contribution in [0.3, 0.4) is 0 Å². The van der Waals surface area contributed by atoms with Gasteiger partial charge in [-0.05, 0) is 57.1 Å². The van der Waals surface area contributed by atoms with E-state index < -0.39 is 0 Å². The van der Waals surface area contributed by atoms with E-state index >= 15 is 0 Å². The van der Waals surface area contributed by atoms with Gasteiger partial charge in [-0.3, -0.25) is 4.79 Å². The first-order valence-corrected chi connectivity index (χ1v) is 9.59. The predicted octanol–water partition coefficient (Wildman–Crippen LogP) is 3.65. The second kappa shape index (κ2) is 8.00. The molecule has 2 heterocycles. The van der Waals surface area contributed by atoms with Crippen LogP contribution in [-0.4, -0.2) is 42.5 Å². The number of pyridine rings is 1. The molecule has 1 unspecified atom stereocenters. The molecule has 1 aliphatic carbocycles. The molecule has 1 aromatic rings. The smallest absolute Gasteiger partial charge is 0.225 e. The van der Waals surface area contributed by atoms with Crippen molar-refractivity contribution in [2.75, 3.05) is 25.5 Å². The lowest BCUT2D eigenvalue weighted by atomic mass is 9.94. The van der Waals surface area contributed by atoms with Gasteiger partial charge >= 0.3 is 0 Å². The van der Waals surface area contributed by atoms with Crippen molar-refractivity contribution < 1.29 is 4.79 Å². The molecule has 3 rings (SSSR count). The lowest BCUT2D eigenvalue weighted by Crippen LogP contribution is -2.46. The van der Waals surface area contributed by atoms with Crippen molar-refractivity contribution in [2.24, 2.45) is 5.92 Å². The highest BCUT2D eigenvalue weighted by atomic mass is 16.2. The van der Waals surface area contributed by atoms with Crippen LogP contribution in [0.25, 0.3) is 0 Å². The van der Waals surface area contributed by atoms with Gasteiger partial charge in [0.1, 0.15) is 5.82 Å². The van der Waals surface area contributed by atoms with E-state index in [1.54, 1.807) is 0 Å². The average Bonchev–Trinajstić information content (AvgIpc) is 3.14. The van der Waals surface area contributed by atoms with E-state index in [9.17, 15) is 4.79 Å². The number of nitrogens with zero attached hydrogens (tertiary/aromatic N) is 3. The molecule has 24 heavy (non-hydrogen) atoms. The molecule has 0 aromatic carbocycles. The molecule has 1 atom stereocenters. The van der Waals surface area contributed by atoms with Crippen LogP contribution in [0.1, 0.15) is 57.1 Å². The van der Waals surface area contributed by atoms with Gasteiger partial charge in [-0.2, -0.15) is 0 Å². The Morgan fingerprint density at radius 2 is 1.92 bits per heavy atom. The highest BCUT2D eigenvalue weighted by molar-refractivity contribution is 5.79. The summed E-state index contributed by atoms with van der Waals surface area (Å²) in [6.07, 6.45) is 10.3. The second-order valence-corrected chi connectivity index (χ2v) is 7.58. The number of anilines is 1. The number of aryl methyl sites for hydroxylation is 1. The second-order valence-electron chi connectivity index (χ2n) is 7.58. The molecule has 2 aliphatic rings. The number of hydrogen-bond donors (Lipinski definition) is 0. The van der Waals surface area contributed by atoms with Crippen molar-refractivity contribution in [1.29, 1.82) is 0 Å². The highest BCUT2D eigenvalue weighted by Crippen LogP contribution is 2.30. The van der Waals surface area contributed by atoms with Crippen molar-refractivity contribution in [3.05, 3.63) is 23.9 Å². The number of carbonyl (C=O) groups excluding carboxylic acids is 1. The molecule has 1 aromatic heterocycles. The first kappa shape index (κ1) is 17.2. The van der Waals surface area contributed by atoms with Crippen LogP contribution in [0.2, 0.25) is 0 Å². The molecule has 4 heteroatoms. The molecule has 0 radical (unpaired) electrons. The summed E-state index contributed by atoms with van der Waals surface area (Å²) in [7, 11) is 4.05. The van der Waals surface area contributed by atoms with E-state index in [0.29, 0.717) is 17.9 Å². The van der Waals surface area contributed by atoms with Crippen LogP contribution >= 0.6 is 0 Å². The third-order valence-corrected chi connectivity index (χ3v) is 5.60. The number of aromatic nitrogens is 1.